The summed E-state index contributed by atoms with van der Waals surface area (Å²) in [6.45, 7) is 0. The fourth-order valence-corrected chi connectivity index (χ4v) is 11.7. The lowest BCUT2D eigenvalue weighted by Gasteiger charge is -2.28. The summed E-state index contributed by atoms with van der Waals surface area (Å²) in [6, 6.07) is 14.3. The van der Waals surface area contributed by atoms with E-state index in [1.165, 1.54) is 69.3 Å². The third kappa shape index (κ3) is 14.5. The van der Waals surface area contributed by atoms with Crippen molar-refractivity contribution in [2.24, 2.45) is 15.0 Å². The predicted molar refractivity (Wildman–Crippen MR) is 242 cm³/mol. The summed E-state index contributed by atoms with van der Waals surface area (Å²) in [5.74, 6) is 0.394. The Labute approximate surface area is 398 Å². The van der Waals surface area contributed by atoms with E-state index in [4.69, 9.17) is 29.5 Å². The zero-order valence-electron chi connectivity index (χ0n) is 31.8. The van der Waals surface area contributed by atoms with Gasteiger partial charge in [-0.15, -0.1) is 55.0 Å². The third-order valence-electron chi connectivity index (χ3n) is 7.59. The van der Waals surface area contributed by atoms with Gasteiger partial charge >= 0.3 is 32.1 Å². The number of carboxylic acid groups (broad SMARTS) is 1. The van der Waals surface area contributed by atoms with Gasteiger partial charge < -0.3 is 39.7 Å². The Morgan fingerprint density at radius 2 is 1.27 bits per heavy atom. The van der Waals surface area contributed by atoms with Crippen molar-refractivity contribution in [2.45, 2.75) is 19.2 Å². The number of hydrogen-bond acceptors (Lipinski definition) is 29. The lowest BCUT2D eigenvalue weighted by Crippen LogP contribution is -2.51. The maximum atomic E-state index is 11.3. The summed E-state index contributed by atoms with van der Waals surface area (Å²) in [5, 5.41) is 41.2. The molecule has 0 radical (unpaired) electrons. The topological polar surface area (TPSA) is 407 Å². The van der Waals surface area contributed by atoms with Gasteiger partial charge in [-0.1, -0.05) is 31.0 Å². The molecule has 3 aromatic carbocycles. The molecule has 67 heavy (non-hydrogen) atoms. The first-order valence-electron chi connectivity index (χ1n) is 17.0. The third-order valence-corrected chi connectivity index (χ3v) is 15.5. The van der Waals surface area contributed by atoms with Crippen LogP contribution < -0.4 is 14.7 Å². The fraction of sp³-hybridized carbons (Fsp3) is 0.176. The van der Waals surface area contributed by atoms with Crippen LogP contribution in [0.5, 0.6) is 17.2 Å². The molecule has 1 spiro atoms. The summed E-state index contributed by atoms with van der Waals surface area (Å²) in [5.41, 5.74) is 1.23. The highest BCUT2D eigenvalue weighted by atomic mass is 32.2. The highest BCUT2D eigenvalue weighted by molar-refractivity contribution is 8.16. The minimum Gasteiger partial charge on any atom is -0.786 e. The summed E-state index contributed by atoms with van der Waals surface area (Å²) in [6.07, 6.45) is 0.250. The number of nitrogens with zero attached hydrogens (tertiary/aromatic N) is 6. The number of phenols is 3. The maximum absolute atomic E-state index is 11.3. The minimum absolute atomic E-state index is 0. The largest absolute Gasteiger partial charge is 0.786 e. The quantitative estimate of drug-likeness (QED) is 0.137. The van der Waals surface area contributed by atoms with Crippen molar-refractivity contribution in [2.75, 3.05) is 17.3 Å². The van der Waals surface area contributed by atoms with Crippen LogP contribution in [0.15, 0.2) is 69.6 Å². The molecule has 1 saturated heterocycles. The summed E-state index contributed by atoms with van der Waals surface area (Å²) in [7, 11) is -8.89. The van der Waals surface area contributed by atoms with Crippen molar-refractivity contribution in [1.29, 1.82) is 0 Å². The van der Waals surface area contributed by atoms with Crippen LogP contribution in [0.2, 0.25) is 0 Å². The first-order valence-corrected chi connectivity index (χ1v) is 24.9. The number of carbonyl (C=O) groups excluding carboxylic acids is 4. The molecule has 3 aromatic heterocycles. The van der Waals surface area contributed by atoms with Gasteiger partial charge in [0.1, 0.15) is 55.2 Å². The molecule has 1 fully saturated rings. The Kier molecular flexibility index (Phi) is 19.4. The number of phosphoric acid groups is 1. The maximum Gasteiger partial charge on any atom is 0.492 e. The number of aromatic hydroxyl groups is 3. The molecule has 1 amide bonds. The minimum atomic E-state index is -5.32. The van der Waals surface area contributed by atoms with Crippen molar-refractivity contribution < 1.29 is 82.3 Å². The van der Waals surface area contributed by atoms with E-state index in [0.717, 1.165) is 35.7 Å². The normalized spacial score (nSPS) is 17.9. The number of aromatic nitrogens is 3. The highest BCUT2D eigenvalue weighted by Gasteiger charge is 2.57. The average molecular weight is 1070 g/mol. The van der Waals surface area contributed by atoms with Gasteiger partial charge in [0.2, 0.25) is 0 Å². The lowest BCUT2D eigenvalue weighted by molar-refractivity contribution is -0.392. The van der Waals surface area contributed by atoms with Crippen LogP contribution in [-0.2, 0) is 47.2 Å². The van der Waals surface area contributed by atoms with E-state index in [0.29, 0.717) is 42.4 Å². The fourth-order valence-electron chi connectivity index (χ4n) is 4.95. The zero-order chi connectivity index (χ0) is 48.3. The van der Waals surface area contributed by atoms with E-state index in [2.05, 4.69) is 39.1 Å². The first-order chi connectivity index (χ1) is 31.3. The van der Waals surface area contributed by atoms with Gasteiger partial charge in [0.15, 0.2) is 6.04 Å². The van der Waals surface area contributed by atoms with Gasteiger partial charge in [0, 0.05) is 15.7 Å². The van der Waals surface area contributed by atoms with Crippen LogP contribution in [-0.4, -0.2) is 104 Å². The Balaban J connectivity index is 0.000000194. The van der Waals surface area contributed by atoms with Gasteiger partial charge in [-0.05, 0) is 59.2 Å². The average Bonchev–Trinajstić information content (AvgIpc) is 4.12. The van der Waals surface area contributed by atoms with Crippen molar-refractivity contribution >= 4 is 155 Å². The molecule has 7 heterocycles. The van der Waals surface area contributed by atoms with E-state index in [1.807, 2.05) is 0 Å². The molecule has 3 atom stereocenters. The predicted octanol–water partition coefficient (Wildman–Crippen LogP) is 3.62. The SMILES string of the molecule is C.O=C(O)C1CSC(c2nc3ccc(O)cc3s2)=N1.O=C1CSC(c2nc3ccc(O)cc3s2)=N1.O=C1OOC12CSC(c1nc3ccc(O)cc3s1)=N2.O=C=O.O=O.O=[P+]([O-])OP(=O)([O-])[O-]. The Hall–Kier alpha value is -5.49. The van der Waals surface area contributed by atoms with Crippen molar-refractivity contribution in [1.82, 2.24) is 15.0 Å². The monoisotopic (exact) mass is 1070 g/mol. The Morgan fingerprint density at radius 3 is 1.60 bits per heavy atom. The van der Waals surface area contributed by atoms with Crippen LogP contribution in [0.3, 0.4) is 0 Å². The number of benzene rings is 3. The number of rotatable bonds is 6. The number of aliphatic imine (C=N–C) groups is 3. The summed E-state index contributed by atoms with van der Waals surface area (Å²) in [4.78, 5) is 126. The van der Waals surface area contributed by atoms with E-state index >= 15 is 0 Å². The second kappa shape index (κ2) is 24.0. The molecule has 3 unspecified atom stereocenters. The number of phenolic OH excluding ortho intramolecular Hbond substituents is 3. The molecule has 4 aliphatic heterocycles. The van der Waals surface area contributed by atoms with Gasteiger partial charge in [-0.25, -0.2) is 34.5 Å². The number of thioether (sulfide) groups is 3. The van der Waals surface area contributed by atoms with Crippen LogP contribution in [0.4, 0.5) is 0 Å². The van der Waals surface area contributed by atoms with Gasteiger partial charge in [0.25, 0.3) is 5.91 Å². The lowest BCUT2D eigenvalue weighted by atomic mass is 10.2. The molecule has 4 N–H and O–H groups in total. The number of carboxylic acids is 1. The molecule has 0 aliphatic carbocycles. The molecule has 4 aliphatic rings. The number of fused-ring (bicyclic) bond motifs is 3. The molecular formula is C34H24N6O19P2S6-2. The zero-order valence-corrected chi connectivity index (χ0v) is 38.5. The number of amides is 1. The molecule has 33 heteroatoms. The second-order valence-corrected chi connectivity index (χ2v) is 20.0. The number of thiazole rings is 3. The number of carbonyl (C=O) groups is 3. The van der Waals surface area contributed by atoms with Crippen LogP contribution >= 0.6 is 85.4 Å². The first kappa shape index (κ1) is 54.1. The van der Waals surface area contributed by atoms with Crippen LogP contribution in [0.25, 0.3) is 30.6 Å². The van der Waals surface area contributed by atoms with Crippen LogP contribution in [0, 0.1) is 9.93 Å². The van der Waals surface area contributed by atoms with Crippen molar-refractivity contribution in [3.8, 4) is 17.2 Å². The molecule has 0 saturated carbocycles. The Bertz CT molecular complexity index is 3020. The Morgan fingerprint density at radius 1 is 0.806 bits per heavy atom. The highest BCUT2D eigenvalue weighted by Crippen LogP contribution is 2.40. The molecule has 352 valence electrons. The standard InChI is InChI=1S/C11H6N2O4S2.C11H8N2O3S2.C10H6N2O2S2.CO2.CH4.H2O6P2.O2/c14-5-1-2-6-7(3-5)19-8(12-6)9-13-11(4-18-9)10(15)16-17-11;14-5-1-2-6-8(3-5)18-10(12-6)9-13-7(4-17-9)11(15)16;13-5-1-2-6-7(3-5)16-10(11-6)9-12-8(14)4-15-9;2-1-3;;1-7(2)6-8(3,4)5;1-2/h1-3,14H,4H2;1-3,7,14H,4H2,(H,15,16);1-3,13H,4H2;;1H4;(H2,3,4,5);/p-2. The molecule has 25 nitrogen and oxygen atoms in total. The van der Waals surface area contributed by atoms with Crippen molar-refractivity contribution in [3.05, 3.63) is 79.5 Å². The molecule has 0 bridgehead atoms. The van der Waals surface area contributed by atoms with E-state index in [-0.39, 0.29) is 36.7 Å². The van der Waals surface area contributed by atoms with Gasteiger partial charge in [-0.3, -0.25) is 14.7 Å². The number of aliphatic carboxylic acids is 1. The van der Waals surface area contributed by atoms with E-state index in [1.54, 1.807) is 54.6 Å². The summed E-state index contributed by atoms with van der Waals surface area (Å²) < 4.78 is 24.0. The number of hydrogen-bond donors (Lipinski definition) is 4. The van der Waals surface area contributed by atoms with Gasteiger partial charge in [0.05, 0.1) is 42.2 Å². The molecule has 6 aromatic rings. The van der Waals surface area contributed by atoms with E-state index in [9.17, 15) is 53.5 Å². The molecular weight excluding hydrogens is 1050 g/mol. The smallest absolute Gasteiger partial charge is 0.492 e. The van der Waals surface area contributed by atoms with E-state index < -0.39 is 39.8 Å². The van der Waals surface area contributed by atoms with Crippen molar-refractivity contribution in [3.63, 3.8) is 0 Å². The summed E-state index contributed by atoms with van der Waals surface area (Å²) >= 11 is 8.48. The van der Waals surface area contributed by atoms with Gasteiger partial charge in [-0.2, -0.15) is 9.59 Å². The second-order valence-electron chi connectivity index (χ2n) is 12.0. The molecule has 10 rings (SSSR count). The van der Waals surface area contributed by atoms with Crippen LogP contribution in [0.1, 0.15) is 22.4 Å².